The molecule has 0 aliphatic rings. The van der Waals surface area contributed by atoms with Crippen LogP contribution in [0.3, 0.4) is 0 Å². The minimum atomic E-state index is -4.33. The van der Waals surface area contributed by atoms with Crippen LogP contribution in [0.1, 0.15) is 47.0 Å². The van der Waals surface area contributed by atoms with E-state index in [-0.39, 0.29) is 17.5 Å². The Labute approximate surface area is 91.2 Å². The fourth-order valence-electron chi connectivity index (χ4n) is 1.44. The van der Waals surface area contributed by atoms with Crippen LogP contribution in [-0.2, 0) is 4.57 Å². The number of allylic oxidation sites excluding steroid dienone is 2. The van der Waals surface area contributed by atoms with Crippen molar-refractivity contribution >= 4 is 7.60 Å². The topological polar surface area (TPSA) is 77.8 Å². The van der Waals surface area contributed by atoms with Gasteiger partial charge in [0.2, 0.25) is 0 Å². The van der Waals surface area contributed by atoms with Crippen LogP contribution >= 0.6 is 7.60 Å². The van der Waals surface area contributed by atoms with Crippen molar-refractivity contribution in [1.82, 2.24) is 0 Å². The lowest BCUT2D eigenvalue weighted by atomic mass is 9.82. The van der Waals surface area contributed by atoms with Gasteiger partial charge in [-0.15, -0.1) is 0 Å². The van der Waals surface area contributed by atoms with Crippen molar-refractivity contribution in [1.29, 1.82) is 0 Å². The maximum absolute atomic E-state index is 11.2. The normalized spacial score (nSPS) is 15.1. The van der Waals surface area contributed by atoms with Gasteiger partial charge in [0, 0.05) is 5.41 Å². The van der Waals surface area contributed by atoms with E-state index >= 15 is 0 Å². The van der Waals surface area contributed by atoms with Gasteiger partial charge in [0.25, 0.3) is 0 Å². The van der Waals surface area contributed by atoms with Crippen molar-refractivity contribution in [2.24, 2.45) is 5.41 Å². The van der Waals surface area contributed by atoms with Crippen molar-refractivity contribution in [3.05, 3.63) is 11.1 Å². The summed E-state index contributed by atoms with van der Waals surface area (Å²) < 4.78 is 11.2. The van der Waals surface area contributed by atoms with Gasteiger partial charge in [-0.2, -0.15) is 0 Å². The summed E-state index contributed by atoms with van der Waals surface area (Å²) in [5.41, 5.74) is -0.535. The molecule has 0 atom stereocenters. The molecule has 0 aromatic heterocycles. The molecule has 0 aliphatic carbocycles. The van der Waals surface area contributed by atoms with Crippen LogP contribution in [0, 0.1) is 5.41 Å². The number of rotatable bonds is 5. The molecule has 0 unspecified atom stereocenters. The molecular formula is C10H21O4P. The van der Waals surface area contributed by atoms with Crippen LogP contribution in [0.2, 0.25) is 0 Å². The lowest BCUT2D eigenvalue weighted by Crippen LogP contribution is -2.19. The van der Waals surface area contributed by atoms with E-state index < -0.39 is 13.0 Å². The minimum absolute atomic E-state index is 0.131. The van der Waals surface area contributed by atoms with Crippen LogP contribution in [0.25, 0.3) is 0 Å². The third-order valence-corrected chi connectivity index (χ3v) is 4.32. The van der Waals surface area contributed by atoms with E-state index in [1.807, 2.05) is 20.8 Å². The van der Waals surface area contributed by atoms with Crippen LogP contribution < -0.4 is 0 Å². The van der Waals surface area contributed by atoms with E-state index in [1.54, 1.807) is 6.92 Å². The summed E-state index contributed by atoms with van der Waals surface area (Å²) in [7, 11) is -4.33. The molecule has 5 heteroatoms. The summed E-state index contributed by atoms with van der Waals surface area (Å²) in [5, 5.41) is 9.82. The predicted molar refractivity (Wildman–Crippen MR) is 60.7 cm³/mol. The molecule has 90 valence electrons. The molecule has 0 radical (unpaired) electrons. The summed E-state index contributed by atoms with van der Waals surface area (Å²) >= 11 is 0. The largest absolute Gasteiger partial charge is 0.511 e. The maximum atomic E-state index is 11.2. The number of hydrogen-bond acceptors (Lipinski definition) is 2. The lowest BCUT2D eigenvalue weighted by molar-refractivity contribution is 0.218. The first-order chi connectivity index (χ1) is 6.72. The van der Waals surface area contributed by atoms with Crippen molar-refractivity contribution in [3.63, 3.8) is 0 Å². The molecule has 0 heterocycles. The second kappa shape index (κ2) is 5.15. The average molecular weight is 236 g/mol. The molecule has 0 amide bonds. The highest BCUT2D eigenvalue weighted by Crippen LogP contribution is 2.51. The van der Waals surface area contributed by atoms with E-state index in [0.717, 1.165) is 0 Å². The van der Waals surface area contributed by atoms with Gasteiger partial charge < -0.3 is 14.9 Å². The Kier molecular flexibility index (Phi) is 5.04. The third-order valence-electron chi connectivity index (χ3n) is 3.09. The molecule has 0 aromatic rings. The van der Waals surface area contributed by atoms with Crippen LogP contribution in [0.4, 0.5) is 0 Å². The molecule has 0 aliphatic heterocycles. The number of aliphatic hydroxyl groups excluding tert-OH is 1. The molecule has 15 heavy (non-hydrogen) atoms. The molecule has 0 spiro atoms. The van der Waals surface area contributed by atoms with E-state index in [4.69, 9.17) is 9.79 Å². The standard InChI is InChI=1S/C10H21O4P/c1-5-8(15(12,13)14)9(11)10(4,6-2)7-3/h11H,5-7H2,1-4H3,(H2,12,13,14). The molecule has 0 saturated carbocycles. The Hall–Kier alpha value is -0.310. The quantitative estimate of drug-likeness (QED) is 0.506. The Morgan fingerprint density at radius 3 is 1.80 bits per heavy atom. The second-order valence-electron chi connectivity index (χ2n) is 3.96. The number of hydrogen-bond donors (Lipinski definition) is 3. The van der Waals surface area contributed by atoms with Crippen molar-refractivity contribution in [2.75, 3.05) is 0 Å². The van der Waals surface area contributed by atoms with Crippen LogP contribution in [-0.4, -0.2) is 14.9 Å². The summed E-state index contributed by atoms with van der Waals surface area (Å²) in [6.07, 6.45) is 1.48. The van der Waals surface area contributed by atoms with Gasteiger partial charge >= 0.3 is 7.60 Å². The summed E-state index contributed by atoms with van der Waals surface area (Å²) in [6.45, 7) is 7.24. The van der Waals surface area contributed by atoms with Gasteiger partial charge in [-0.3, -0.25) is 4.57 Å². The zero-order chi connectivity index (χ0) is 12.3. The molecular weight excluding hydrogens is 215 g/mol. The molecule has 0 fully saturated rings. The highest BCUT2D eigenvalue weighted by Gasteiger charge is 2.33. The van der Waals surface area contributed by atoms with Gasteiger partial charge in [0.15, 0.2) is 0 Å². The zero-order valence-electron chi connectivity index (χ0n) is 9.82. The van der Waals surface area contributed by atoms with Crippen molar-refractivity contribution in [2.45, 2.75) is 47.0 Å². The van der Waals surface area contributed by atoms with Gasteiger partial charge in [-0.25, -0.2) is 0 Å². The minimum Gasteiger partial charge on any atom is -0.511 e. The zero-order valence-corrected chi connectivity index (χ0v) is 10.7. The first-order valence-corrected chi connectivity index (χ1v) is 6.82. The number of aliphatic hydroxyl groups is 1. The monoisotopic (exact) mass is 236 g/mol. The van der Waals surface area contributed by atoms with Crippen molar-refractivity contribution < 1.29 is 19.5 Å². The molecule has 4 nitrogen and oxygen atoms in total. The van der Waals surface area contributed by atoms with Crippen molar-refractivity contribution in [3.8, 4) is 0 Å². The lowest BCUT2D eigenvalue weighted by Gasteiger charge is -2.28. The molecule has 0 rings (SSSR count). The van der Waals surface area contributed by atoms with E-state index in [2.05, 4.69) is 0 Å². The van der Waals surface area contributed by atoms with Gasteiger partial charge in [0.05, 0.1) is 5.31 Å². The average Bonchev–Trinajstić information content (AvgIpc) is 2.15. The van der Waals surface area contributed by atoms with Gasteiger partial charge in [-0.1, -0.05) is 27.7 Å². The fraction of sp³-hybridized carbons (Fsp3) is 0.800. The van der Waals surface area contributed by atoms with E-state index in [9.17, 15) is 9.67 Å². The van der Waals surface area contributed by atoms with Crippen LogP contribution in [0.5, 0.6) is 0 Å². The molecule has 0 aromatic carbocycles. The Balaban J connectivity index is 5.48. The third kappa shape index (κ3) is 3.33. The van der Waals surface area contributed by atoms with E-state index in [0.29, 0.717) is 12.8 Å². The predicted octanol–water partition coefficient (Wildman–Crippen LogP) is 3.17. The SMILES string of the molecule is CCC(=C(O)C(C)(CC)CC)P(=O)(O)O. The van der Waals surface area contributed by atoms with Gasteiger partial charge in [-0.05, 0) is 19.3 Å². The van der Waals surface area contributed by atoms with Gasteiger partial charge in [0.1, 0.15) is 5.76 Å². The Bertz CT molecular complexity index is 286. The fourth-order valence-corrected chi connectivity index (χ4v) is 2.40. The molecule has 0 saturated heterocycles. The first-order valence-electron chi connectivity index (χ1n) is 5.21. The summed E-state index contributed by atoms with van der Waals surface area (Å²) in [6, 6.07) is 0. The summed E-state index contributed by atoms with van der Waals surface area (Å²) in [4.78, 5) is 18.2. The highest BCUT2D eigenvalue weighted by atomic mass is 31.2. The smallest absolute Gasteiger partial charge is 0.355 e. The summed E-state index contributed by atoms with van der Waals surface area (Å²) in [5.74, 6) is -0.136. The maximum Gasteiger partial charge on any atom is 0.355 e. The Morgan fingerprint density at radius 1 is 1.20 bits per heavy atom. The highest BCUT2D eigenvalue weighted by molar-refractivity contribution is 7.56. The Morgan fingerprint density at radius 2 is 1.60 bits per heavy atom. The van der Waals surface area contributed by atoms with E-state index in [1.165, 1.54) is 0 Å². The molecule has 3 N–H and O–H groups in total. The molecule has 0 bridgehead atoms. The van der Waals surface area contributed by atoms with Crippen LogP contribution in [0.15, 0.2) is 11.1 Å². The second-order valence-corrected chi connectivity index (χ2v) is 5.59. The first kappa shape index (κ1) is 14.7.